The quantitative estimate of drug-likeness (QED) is 0.159. The first kappa shape index (κ1) is 31.8. The van der Waals surface area contributed by atoms with Gasteiger partial charge in [-0.05, 0) is 36.6 Å². The second-order valence-electron chi connectivity index (χ2n) is 10.7. The molecule has 0 spiro atoms. The molecule has 9 nitrogen and oxygen atoms in total. The largest absolute Gasteiger partial charge is 0.504 e. The van der Waals surface area contributed by atoms with Gasteiger partial charge in [0.05, 0.1) is 33.3 Å². The summed E-state index contributed by atoms with van der Waals surface area (Å²) in [5.41, 5.74) is -1.26. The Balaban J connectivity index is 1.93. The molecule has 4 heterocycles. The van der Waals surface area contributed by atoms with Crippen LogP contribution in [0.3, 0.4) is 0 Å². The number of nitriles is 1. The van der Waals surface area contributed by atoms with E-state index in [2.05, 4.69) is 16.5 Å². The molecule has 14 heteroatoms. The van der Waals surface area contributed by atoms with Crippen LogP contribution < -0.4 is 10.5 Å². The van der Waals surface area contributed by atoms with Gasteiger partial charge in [0.2, 0.25) is 5.91 Å². The molecule has 0 atom stereocenters. The molecule has 1 aliphatic rings. The smallest absolute Gasteiger partial charge is 0.276 e. The Labute approximate surface area is 265 Å². The highest BCUT2D eigenvalue weighted by atomic mass is 35.5. The zero-order valence-corrected chi connectivity index (χ0v) is 25.8. The van der Waals surface area contributed by atoms with Gasteiger partial charge in [-0.2, -0.15) is 5.26 Å². The number of aryl methyl sites for hydroxylation is 1. The molecule has 1 amide bonds. The van der Waals surface area contributed by atoms with E-state index in [0.717, 1.165) is 4.57 Å². The van der Waals surface area contributed by atoms with E-state index >= 15 is 4.39 Å². The van der Waals surface area contributed by atoms with Gasteiger partial charge in [0.25, 0.3) is 5.56 Å². The Morgan fingerprint density at radius 3 is 2.40 bits per heavy atom. The number of pyridine rings is 3. The minimum Gasteiger partial charge on any atom is -0.504 e. The lowest BCUT2D eigenvalue weighted by Gasteiger charge is -2.36. The number of carbonyl (C=O) groups excluding carboxylic acids is 1. The number of halogens is 5. The van der Waals surface area contributed by atoms with E-state index in [1.54, 1.807) is 29.0 Å². The number of amides is 1. The van der Waals surface area contributed by atoms with Gasteiger partial charge >= 0.3 is 0 Å². The van der Waals surface area contributed by atoms with Crippen molar-refractivity contribution in [2.24, 2.45) is 0 Å². The number of aromatic hydroxyl groups is 1. The number of nitrogens with zero attached hydrogens (tertiary/aromatic N) is 6. The number of anilines is 1. The summed E-state index contributed by atoms with van der Waals surface area (Å²) in [6, 6.07) is 4.95. The van der Waals surface area contributed by atoms with E-state index in [1.807, 2.05) is 19.9 Å². The Morgan fingerprint density at radius 1 is 1.13 bits per heavy atom. The van der Waals surface area contributed by atoms with E-state index in [1.165, 1.54) is 12.1 Å². The first-order chi connectivity index (χ1) is 21.3. The van der Waals surface area contributed by atoms with Crippen LogP contribution in [-0.4, -0.2) is 56.6 Å². The van der Waals surface area contributed by atoms with E-state index in [9.17, 15) is 28.7 Å². The number of carbonyl (C=O) groups is 1. The normalized spacial score (nSPS) is 13.4. The van der Waals surface area contributed by atoms with E-state index in [-0.39, 0.29) is 65.3 Å². The van der Waals surface area contributed by atoms with Crippen LogP contribution in [0.1, 0.15) is 36.6 Å². The van der Waals surface area contributed by atoms with Crippen LogP contribution in [0.2, 0.25) is 10.0 Å². The van der Waals surface area contributed by atoms with Crippen molar-refractivity contribution in [2.75, 3.05) is 31.1 Å². The van der Waals surface area contributed by atoms with Gasteiger partial charge in [-0.1, -0.05) is 43.6 Å². The molecule has 5 rings (SSSR count). The lowest BCUT2D eigenvalue weighted by molar-refractivity contribution is -0.126. The second-order valence-corrected chi connectivity index (χ2v) is 11.5. The number of aromatic nitrogens is 3. The van der Waals surface area contributed by atoms with E-state index < -0.39 is 45.0 Å². The van der Waals surface area contributed by atoms with Crippen molar-refractivity contribution >= 4 is 45.8 Å². The molecule has 3 aromatic heterocycles. The summed E-state index contributed by atoms with van der Waals surface area (Å²) in [5.74, 6) is -6.93. The molecule has 0 saturated carbocycles. The van der Waals surface area contributed by atoms with E-state index in [0.29, 0.717) is 16.9 Å². The maximum atomic E-state index is 15.3. The monoisotopic (exact) mass is 656 g/mol. The molecule has 1 aliphatic heterocycles. The first-order valence-electron chi connectivity index (χ1n) is 13.7. The third-order valence-electron chi connectivity index (χ3n) is 7.67. The molecule has 1 fully saturated rings. The van der Waals surface area contributed by atoms with Gasteiger partial charge < -0.3 is 14.9 Å². The molecule has 4 aromatic rings. The zero-order valence-electron chi connectivity index (χ0n) is 24.3. The maximum absolute atomic E-state index is 15.3. The highest BCUT2D eigenvalue weighted by Crippen LogP contribution is 2.43. The van der Waals surface area contributed by atoms with Crippen molar-refractivity contribution in [3.8, 4) is 28.8 Å². The highest BCUT2D eigenvalue weighted by molar-refractivity contribution is 6.34. The summed E-state index contributed by atoms with van der Waals surface area (Å²) in [7, 11) is 0. The van der Waals surface area contributed by atoms with E-state index in [4.69, 9.17) is 23.2 Å². The van der Waals surface area contributed by atoms with Crippen LogP contribution in [0.4, 0.5) is 18.9 Å². The topological polar surface area (TPSA) is 115 Å². The fourth-order valence-electron chi connectivity index (χ4n) is 5.48. The third kappa shape index (κ3) is 5.15. The zero-order chi connectivity index (χ0) is 32.9. The van der Waals surface area contributed by atoms with Gasteiger partial charge in [0, 0.05) is 37.8 Å². The molecular formula is C31H25Cl2F3N6O3. The number of phenolic OH excluding ortho intramolecular Hbond substituents is 1. The molecule has 0 aliphatic carbocycles. The third-order valence-corrected chi connectivity index (χ3v) is 8.29. The Morgan fingerprint density at radius 2 is 1.80 bits per heavy atom. The van der Waals surface area contributed by atoms with Gasteiger partial charge in [-0.15, -0.1) is 0 Å². The summed E-state index contributed by atoms with van der Waals surface area (Å²) in [6.07, 6.45) is 2.76. The molecule has 232 valence electrons. The van der Waals surface area contributed by atoms with Gasteiger partial charge in [0.15, 0.2) is 23.2 Å². The van der Waals surface area contributed by atoms with Crippen molar-refractivity contribution in [3.63, 3.8) is 0 Å². The molecular weight excluding hydrogens is 632 g/mol. The van der Waals surface area contributed by atoms with Crippen LogP contribution in [0.25, 0.3) is 28.0 Å². The van der Waals surface area contributed by atoms with Crippen LogP contribution in [0.5, 0.6) is 5.75 Å². The molecule has 0 unspecified atom stereocenters. The molecule has 1 saturated heterocycles. The fraction of sp³-hybridized carbons (Fsp3) is 0.258. The van der Waals surface area contributed by atoms with Crippen molar-refractivity contribution in [2.45, 2.75) is 26.7 Å². The number of piperazine rings is 1. The van der Waals surface area contributed by atoms with Crippen LogP contribution in [0.15, 0.2) is 35.8 Å². The number of hydrogen-bond donors (Lipinski definition) is 1. The summed E-state index contributed by atoms with van der Waals surface area (Å²) in [6.45, 7) is 9.88. The summed E-state index contributed by atoms with van der Waals surface area (Å²) < 4.78 is 45.7. The minimum atomic E-state index is -1.77. The number of rotatable bonds is 5. The average molecular weight is 657 g/mol. The fourth-order valence-corrected chi connectivity index (χ4v) is 5.90. The highest BCUT2D eigenvalue weighted by Gasteiger charge is 2.32. The number of fused-ring (bicyclic) bond motifs is 1. The first-order valence-corrected chi connectivity index (χ1v) is 14.5. The number of hydrogen-bond acceptors (Lipinski definition) is 7. The lowest BCUT2D eigenvalue weighted by atomic mass is 10.0. The number of phenols is 1. The molecule has 1 aromatic carbocycles. The lowest BCUT2D eigenvalue weighted by Crippen LogP contribution is -2.49. The van der Waals surface area contributed by atoms with Crippen LogP contribution in [0, 0.1) is 35.7 Å². The summed E-state index contributed by atoms with van der Waals surface area (Å²) in [5, 5.41) is 19.4. The predicted molar refractivity (Wildman–Crippen MR) is 165 cm³/mol. The van der Waals surface area contributed by atoms with Gasteiger partial charge in [-0.25, -0.2) is 18.2 Å². The molecule has 0 radical (unpaired) electrons. The summed E-state index contributed by atoms with van der Waals surface area (Å²) in [4.78, 5) is 38.7. The minimum absolute atomic E-state index is 0.148. The molecule has 0 bridgehead atoms. The maximum Gasteiger partial charge on any atom is 0.276 e. The Kier molecular flexibility index (Phi) is 8.53. The van der Waals surface area contributed by atoms with Gasteiger partial charge in [0.1, 0.15) is 22.3 Å². The molecule has 45 heavy (non-hydrogen) atoms. The SMILES string of the molecule is C=CC(=O)N1CCN(c2c(C#N)c(=O)n(-c3c(C)ccnc3C(C)C)c3nc(-c4c(O)c(F)c(Cl)c(F)c4F)c(Cl)cc23)CC1. The standard InChI is InChI=1S/C31H25Cl2F3N6O3/c1-5-19(43)40-8-10-41(11-9-40)28-16-12-18(32)26(20-22(34)23(35)21(33)24(36)29(20)44)39-30(16)42(31(45)17(28)13-37)27-15(4)6-7-38-25(27)14(2)3/h5-7,12,14,44H,1,8-11H2,2-4H3. The Hall–Kier alpha value is -4.60. The van der Waals surface area contributed by atoms with Crippen LogP contribution >= 0.6 is 23.2 Å². The van der Waals surface area contributed by atoms with Crippen molar-refractivity contribution in [1.29, 1.82) is 5.26 Å². The molecule has 1 N–H and O–H groups in total. The summed E-state index contributed by atoms with van der Waals surface area (Å²) >= 11 is 12.1. The van der Waals surface area contributed by atoms with Crippen molar-refractivity contribution < 1.29 is 23.1 Å². The van der Waals surface area contributed by atoms with Gasteiger partial charge in [-0.3, -0.25) is 19.1 Å². The Bertz CT molecular complexity index is 1990. The van der Waals surface area contributed by atoms with Crippen LogP contribution in [-0.2, 0) is 4.79 Å². The van der Waals surface area contributed by atoms with Crippen molar-refractivity contribution in [3.05, 3.63) is 85.7 Å². The van der Waals surface area contributed by atoms with Crippen molar-refractivity contribution in [1.82, 2.24) is 19.4 Å². The predicted octanol–water partition coefficient (Wildman–Crippen LogP) is 6.02. The second kappa shape index (κ2) is 12.1. The number of benzene rings is 1. The average Bonchev–Trinajstić information content (AvgIpc) is 3.02.